The van der Waals surface area contributed by atoms with Crippen molar-refractivity contribution in [1.82, 2.24) is 20.9 Å². The van der Waals surface area contributed by atoms with Crippen LogP contribution >= 0.6 is 0 Å². The number of nitrogens with two attached hydrogens (primary N) is 1. The van der Waals surface area contributed by atoms with Gasteiger partial charge in [0.25, 0.3) is 5.91 Å². The molecule has 3 rings (SSSR count). The lowest BCUT2D eigenvalue weighted by Crippen LogP contribution is -2.63. The Labute approximate surface area is 262 Å². The minimum absolute atomic E-state index is 0.0821. The first-order valence-corrected chi connectivity index (χ1v) is 16.3. The number of primary amides is 1. The summed E-state index contributed by atoms with van der Waals surface area (Å²) in [6.45, 7) is 15.4. The van der Waals surface area contributed by atoms with Crippen molar-refractivity contribution in [2.24, 2.45) is 33.8 Å². The number of carbonyl (C=O) groups is 6. The summed E-state index contributed by atoms with van der Waals surface area (Å²) in [6.07, 6.45) is 7.35. The number of carbonyl (C=O) groups excluding carboxylic acids is 6. The lowest BCUT2D eigenvalue weighted by atomic mass is 9.78. The molecule has 5 amide bonds. The molecule has 5 N–H and O–H groups in total. The molecule has 2 heterocycles. The van der Waals surface area contributed by atoms with Crippen LogP contribution in [-0.4, -0.2) is 70.9 Å². The Morgan fingerprint density at radius 1 is 0.955 bits per heavy atom. The summed E-state index contributed by atoms with van der Waals surface area (Å²) < 4.78 is 0. The number of amides is 5. The van der Waals surface area contributed by atoms with Gasteiger partial charge in [-0.2, -0.15) is 0 Å². The van der Waals surface area contributed by atoms with Crippen LogP contribution in [0.15, 0.2) is 0 Å². The molecule has 2 aliphatic heterocycles. The molecule has 1 saturated carbocycles. The lowest BCUT2D eigenvalue weighted by molar-refractivity contribution is -0.145. The molecule has 0 spiro atoms. The fourth-order valence-electron chi connectivity index (χ4n) is 7.46. The molecule has 0 aromatic carbocycles. The molecule has 0 bridgehead atoms. The Hall–Kier alpha value is -2.98. The summed E-state index contributed by atoms with van der Waals surface area (Å²) in [5.41, 5.74) is 3.96. The summed E-state index contributed by atoms with van der Waals surface area (Å²) in [7, 11) is 0. The zero-order chi connectivity index (χ0) is 33.2. The maximum absolute atomic E-state index is 14.5. The van der Waals surface area contributed by atoms with Crippen molar-refractivity contribution in [1.29, 1.82) is 0 Å². The van der Waals surface area contributed by atoms with E-state index in [1.807, 2.05) is 34.6 Å². The third-order valence-electron chi connectivity index (χ3n) is 10.3. The van der Waals surface area contributed by atoms with Gasteiger partial charge in [0.2, 0.25) is 17.6 Å². The number of rotatable bonds is 5. The van der Waals surface area contributed by atoms with E-state index in [4.69, 9.17) is 5.73 Å². The highest BCUT2D eigenvalue weighted by molar-refractivity contribution is 6.37. The van der Waals surface area contributed by atoms with E-state index in [9.17, 15) is 28.8 Å². The number of urea groups is 1. The van der Waals surface area contributed by atoms with Crippen LogP contribution < -0.4 is 21.7 Å². The molecular formula is C33H55N5O6. The van der Waals surface area contributed by atoms with Gasteiger partial charge in [-0.25, -0.2) is 4.79 Å². The second-order valence-corrected chi connectivity index (χ2v) is 15.6. The summed E-state index contributed by atoms with van der Waals surface area (Å²) in [4.78, 5) is 80.3. The molecule has 1 aliphatic carbocycles. The Morgan fingerprint density at radius 3 is 2.07 bits per heavy atom. The second kappa shape index (κ2) is 13.6. The van der Waals surface area contributed by atoms with E-state index in [1.165, 1.54) is 6.92 Å². The summed E-state index contributed by atoms with van der Waals surface area (Å²) in [5.74, 6) is -3.02. The van der Waals surface area contributed by atoms with Crippen LogP contribution in [-0.2, 0) is 24.0 Å². The van der Waals surface area contributed by atoms with Gasteiger partial charge < -0.3 is 26.6 Å². The maximum Gasteiger partial charge on any atom is 0.316 e. The molecule has 3 fully saturated rings. The molecule has 6 atom stereocenters. The van der Waals surface area contributed by atoms with Crippen molar-refractivity contribution in [3.8, 4) is 0 Å². The number of nitrogens with one attached hydrogen (secondary N) is 3. The minimum Gasteiger partial charge on any atom is -0.363 e. The third-order valence-corrected chi connectivity index (χ3v) is 10.3. The lowest BCUT2D eigenvalue weighted by Gasteiger charge is -2.40. The number of hydrogen-bond donors (Lipinski definition) is 4. The zero-order valence-electron chi connectivity index (χ0n) is 28.0. The number of nitrogens with zero attached hydrogens (tertiary/aromatic N) is 1. The Kier molecular flexibility index (Phi) is 10.9. The number of piperidine rings is 1. The number of fused-ring (bicyclic) bond motifs is 3. The van der Waals surface area contributed by atoms with E-state index in [2.05, 4.69) is 29.8 Å². The molecule has 11 heteroatoms. The van der Waals surface area contributed by atoms with Crippen molar-refractivity contribution < 1.29 is 28.8 Å². The molecule has 0 aromatic rings. The van der Waals surface area contributed by atoms with Gasteiger partial charge in [-0.15, -0.1) is 0 Å². The molecule has 3 aliphatic rings. The van der Waals surface area contributed by atoms with Crippen LogP contribution in [0.2, 0.25) is 0 Å². The van der Waals surface area contributed by atoms with Gasteiger partial charge in [-0.05, 0) is 47.8 Å². The third kappa shape index (κ3) is 7.99. The molecular weight excluding hydrogens is 562 g/mol. The van der Waals surface area contributed by atoms with E-state index >= 15 is 0 Å². The molecule has 0 radical (unpaired) electrons. The Morgan fingerprint density at radius 2 is 1.52 bits per heavy atom. The average molecular weight is 618 g/mol. The highest BCUT2D eigenvalue weighted by Crippen LogP contribution is 2.65. The van der Waals surface area contributed by atoms with Gasteiger partial charge in [-0.3, -0.25) is 24.0 Å². The molecule has 2 saturated heterocycles. The van der Waals surface area contributed by atoms with Crippen LogP contribution in [0.5, 0.6) is 0 Å². The van der Waals surface area contributed by atoms with Crippen molar-refractivity contribution in [3.05, 3.63) is 0 Å². The second-order valence-electron chi connectivity index (χ2n) is 15.6. The Bertz CT molecular complexity index is 1140. The van der Waals surface area contributed by atoms with Crippen LogP contribution in [0.1, 0.15) is 113 Å². The standard InChI is InChI=1S/C33H55N5O6/c1-19(39)25(31(2,3)4)36-30(44)37-26-29(43)38-18-20-22(33(20,7)8)23(38)28(42)35-21(24(40)27(34)41)16-14-12-10-9-11-13-15-17-32(26,5)6/h20-23,25-26H,9-18H2,1-8H3,(H2,34,41)(H,35,42)(H2,36,37,44)/t20?,21-,22-,23-,25+,26+/m0/s1. The first-order valence-electron chi connectivity index (χ1n) is 16.3. The first-order chi connectivity index (χ1) is 20.3. The highest BCUT2D eigenvalue weighted by Gasteiger charge is 2.70. The van der Waals surface area contributed by atoms with Crippen molar-refractivity contribution in [2.45, 2.75) is 137 Å². The summed E-state index contributed by atoms with van der Waals surface area (Å²) in [5, 5.41) is 8.48. The number of Topliss-reactive ketones (excluding diaryl/α,β-unsaturated/α-hetero) is 2. The molecule has 44 heavy (non-hydrogen) atoms. The number of hydrogen-bond acceptors (Lipinski definition) is 6. The van der Waals surface area contributed by atoms with E-state index in [0.29, 0.717) is 25.8 Å². The van der Waals surface area contributed by atoms with Gasteiger partial charge in [-0.1, -0.05) is 93.4 Å². The van der Waals surface area contributed by atoms with Gasteiger partial charge in [0.05, 0.1) is 12.1 Å². The normalized spacial score (nSPS) is 30.1. The molecule has 11 nitrogen and oxygen atoms in total. The van der Waals surface area contributed by atoms with Crippen molar-refractivity contribution >= 4 is 35.3 Å². The Balaban J connectivity index is 1.97. The minimum atomic E-state index is -1.10. The fraction of sp³-hybridized carbons (Fsp3) is 0.818. The topological polar surface area (TPSA) is 168 Å². The van der Waals surface area contributed by atoms with E-state index in [1.54, 1.807) is 4.90 Å². The average Bonchev–Trinajstić information content (AvgIpc) is 3.22. The van der Waals surface area contributed by atoms with E-state index in [0.717, 1.165) is 38.5 Å². The molecule has 1 unspecified atom stereocenters. The largest absolute Gasteiger partial charge is 0.363 e. The van der Waals surface area contributed by atoms with Gasteiger partial charge in [0, 0.05) is 6.54 Å². The van der Waals surface area contributed by atoms with E-state index in [-0.39, 0.29) is 28.9 Å². The monoisotopic (exact) mass is 617 g/mol. The van der Waals surface area contributed by atoms with Crippen molar-refractivity contribution in [3.63, 3.8) is 0 Å². The van der Waals surface area contributed by atoms with Gasteiger partial charge in [0.15, 0.2) is 5.78 Å². The van der Waals surface area contributed by atoms with Crippen LogP contribution in [0.3, 0.4) is 0 Å². The number of ketones is 2. The van der Waals surface area contributed by atoms with Crippen LogP contribution in [0, 0.1) is 28.1 Å². The molecule has 248 valence electrons. The van der Waals surface area contributed by atoms with Gasteiger partial charge >= 0.3 is 6.03 Å². The van der Waals surface area contributed by atoms with Crippen LogP contribution in [0.25, 0.3) is 0 Å². The van der Waals surface area contributed by atoms with Crippen molar-refractivity contribution in [2.75, 3.05) is 6.54 Å². The molecule has 0 aromatic heterocycles. The van der Waals surface area contributed by atoms with Gasteiger partial charge in [0.1, 0.15) is 12.1 Å². The van der Waals surface area contributed by atoms with Crippen LogP contribution in [0.4, 0.5) is 4.79 Å². The predicted molar refractivity (Wildman–Crippen MR) is 167 cm³/mol. The quantitative estimate of drug-likeness (QED) is 0.346. The SMILES string of the molecule is CC(=O)[C@@H](NC(=O)N[C@@H]1C(=O)N2CC3[C@@H]([C@H]2C(=O)N[C@H](C(=O)C(N)=O)CCCCCCCCCC1(C)C)C3(C)C)C(C)(C)C. The summed E-state index contributed by atoms with van der Waals surface area (Å²) >= 11 is 0. The maximum atomic E-state index is 14.5. The first kappa shape index (κ1) is 35.5. The summed E-state index contributed by atoms with van der Waals surface area (Å²) in [6, 6.07) is -4.25. The zero-order valence-corrected chi connectivity index (χ0v) is 28.0. The predicted octanol–water partition coefficient (Wildman–Crippen LogP) is 3.23. The highest BCUT2D eigenvalue weighted by atomic mass is 16.2. The fourth-order valence-corrected chi connectivity index (χ4v) is 7.46. The smallest absolute Gasteiger partial charge is 0.316 e. The van der Waals surface area contributed by atoms with E-state index < -0.39 is 58.6 Å².